The third-order valence-corrected chi connectivity index (χ3v) is 5.00. The highest BCUT2D eigenvalue weighted by Gasteiger charge is 2.47. The SMILES string of the molecule is CCN1CC(C(=O)NC2(c3ccc(Br)cc3)CC2)CC1=O. The molecule has 2 fully saturated rings. The second-order valence-corrected chi connectivity index (χ2v) is 6.83. The maximum atomic E-state index is 12.4. The van der Waals surface area contributed by atoms with Crippen molar-refractivity contribution in [1.29, 1.82) is 0 Å². The first kappa shape index (κ1) is 14.6. The van der Waals surface area contributed by atoms with Crippen molar-refractivity contribution in [3.8, 4) is 0 Å². The number of carbonyl (C=O) groups is 2. The number of amides is 2. The molecule has 1 aromatic carbocycles. The predicted molar refractivity (Wildman–Crippen MR) is 83.6 cm³/mol. The number of nitrogens with one attached hydrogen (secondary N) is 1. The lowest BCUT2D eigenvalue weighted by Gasteiger charge is -2.20. The topological polar surface area (TPSA) is 49.4 Å². The summed E-state index contributed by atoms with van der Waals surface area (Å²) < 4.78 is 1.04. The predicted octanol–water partition coefficient (Wildman–Crippen LogP) is 2.42. The number of hydrogen-bond donors (Lipinski definition) is 1. The van der Waals surface area contributed by atoms with Gasteiger partial charge in [0.05, 0.1) is 11.5 Å². The first-order valence-electron chi connectivity index (χ1n) is 7.40. The Morgan fingerprint density at radius 3 is 2.57 bits per heavy atom. The van der Waals surface area contributed by atoms with Crippen LogP contribution < -0.4 is 5.32 Å². The van der Waals surface area contributed by atoms with Gasteiger partial charge in [-0.1, -0.05) is 28.1 Å². The van der Waals surface area contributed by atoms with E-state index in [2.05, 4.69) is 33.4 Å². The van der Waals surface area contributed by atoms with Crippen LogP contribution in [0, 0.1) is 5.92 Å². The normalized spacial score (nSPS) is 23.2. The summed E-state index contributed by atoms with van der Waals surface area (Å²) in [7, 11) is 0. The van der Waals surface area contributed by atoms with Crippen molar-refractivity contribution in [2.24, 2.45) is 5.92 Å². The number of halogens is 1. The Morgan fingerprint density at radius 2 is 2.05 bits per heavy atom. The lowest BCUT2D eigenvalue weighted by atomic mass is 10.0. The van der Waals surface area contributed by atoms with Crippen LogP contribution in [0.1, 0.15) is 31.7 Å². The molecule has 1 aliphatic carbocycles. The molecule has 2 amide bonds. The van der Waals surface area contributed by atoms with E-state index in [0.29, 0.717) is 19.5 Å². The zero-order chi connectivity index (χ0) is 15.0. The third kappa shape index (κ3) is 2.84. The minimum atomic E-state index is -0.208. The largest absolute Gasteiger partial charge is 0.346 e. The summed E-state index contributed by atoms with van der Waals surface area (Å²) in [6.07, 6.45) is 2.28. The van der Waals surface area contributed by atoms with Crippen LogP contribution in [-0.2, 0) is 15.1 Å². The Morgan fingerprint density at radius 1 is 1.38 bits per heavy atom. The van der Waals surface area contributed by atoms with Gasteiger partial charge < -0.3 is 10.2 Å². The first-order chi connectivity index (χ1) is 10.0. The molecule has 0 spiro atoms. The van der Waals surface area contributed by atoms with Crippen LogP contribution in [0.5, 0.6) is 0 Å². The minimum Gasteiger partial charge on any atom is -0.346 e. The van der Waals surface area contributed by atoms with Crippen molar-refractivity contribution < 1.29 is 9.59 Å². The average Bonchev–Trinajstić information content (AvgIpc) is 3.14. The van der Waals surface area contributed by atoms with E-state index in [-0.39, 0.29) is 23.3 Å². The molecule has 1 N–H and O–H groups in total. The second kappa shape index (κ2) is 5.44. The zero-order valence-corrected chi connectivity index (χ0v) is 13.6. The summed E-state index contributed by atoms with van der Waals surface area (Å²) in [6, 6.07) is 8.10. The van der Waals surface area contributed by atoms with Crippen molar-refractivity contribution in [2.45, 2.75) is 31.7 Å². The quantitative estimate of drug-likeness (QED) is 0.906. The molecule has 21 heavy (non-hydrogen) atoms. The van der Waals surface area contributed by atoms with Crippen molar-refractivity contribution in [3.05, 3.63) is 34.3 Å². The molecular weight excluding hydrogens is 332 g/mol. The number of benzene rings is 1. The Hall–Kier alpha value is -1.36. The number of rotatable bonds is 4. The number of hydrogen-bond acceptors (Lipinski definition) is 2. The van der Waals surface area contributed by atoms with Gasteiger partial charge in [-0.3, -0.25) is 9.59 Å². The average molecular weight is 351 g/mol. The van der Waals surface area contributed by atoms with E-state index in [1.807, 2.05) is 19.1 Å². The number of likely N-dealkylation sites (tertiary alicyclic amines) is 1. The molecule has 1 unspecified atom stereocenters. The van der Waals surface area contributed by atoms with Gasteiger partial charge in [-0.15, -0.1) is 0 Å². The third-order valence-electron chi connectivity index (χ3n) is 4.48. The van der Waals surface area contributed by atoms with Gasteiger partial charge in [0.2, 0.25) is 11.8 Å². The van der Waals surface area contributed by atoms with Crippen LogP contribution in [0.15, 0.2) is 28.7 Å². The molecule has 1 heterocycles. The Balaban J connectivity index is 1.68. The van der Waals surface area contributed by atoms with E-state index >= 15 is 0 Å². The van der Waals surface area contributed by atoms with Gasteiger partial charge in [-0.2, -0.15) is 0 Å². The van der Waals surface area contributed by atoms with Crippen LogP contribution in [0.2, 0.25) is 0 Å². The van der Waals surface area contributed by atoms with Crippen molar-refractivity contribution in [2.75, 3.05) is 13.1 Å². The van der Waals surface area contributed by atoms with Crippen LogP contribution >= 0.6 is 15.9 Å². The maximum absolute atomic E-state index is 12.4. The summed E-state index contributed by atoms with van der Waals surface area (Å²) in [5.41, 5.74) is 0.941. The highest BCUT2D eigenvalue weighted by Crippen LogP contribution is 2.46. The smallest absolute Gasteiger partial charge is 0.226 e. The monoisotopic (exact) mass is 350 g/mol. The van der Waals surface area contributed by atoms with E-state index in [4.69, 9.17) is 0 Å². The van der Waals surface area contributed by atoms with Crippen molar-refractivity contribution in [3.63, 3.8) is 0 Å². The molecule has 5 heteroatoms. The van der Waals surface area contributed by atoms with Gasteiger partial charge in [-0.05, 0) is 37.5 Å². The van der Waals surface area contributed by atoms with Gasteiger partial charge in [0, 0.05) is 24.0 Å². The Labute approximate surface area is 133 Å². The molecule has 0 aromatic heterocycles. The van der Waals surface area contributed by atoms with Gasteiger partial charge >= 0.3 is 0 Å². The maximum Gasteiger partial charge on any atom is 0.226 e. The van der Waals surface area contributed by atoms with E-state index < -0.39 is 0 Å². The lowest BCUT2D eigenvalue weighted by molar-refractivity contribution is -0.129. The standard InChI is InChI=1S/C16H19BrN2O2/c1-2-19-10-11(9-14(19)20)15(21)18-16(7-8-16)12-3-5-13(17)6-4-12/h3-6,11H,2,7-10H2,1H3,(H,18,21). The number of nitrogens with zero attached hydrogens (tertiary/aromatic N) is 1. The molecule has 3 rings (SSSR count). The first-order valence-corrected chi connectivity index (χ1v) is 8.19. The van der Waals surface area contributed by atoms with E-state index in [1.165, 1.54) is 0 Å². The molecule has 4 nitrogen and oxygen atoms in total. The Kier molecular flexibility index (Phi) is 3.78. The fourth-order valence-electron chi connectivity index (χ4n) is 2.97. The molecule has 1 atom stereocenters. The highest BCUT2D eigenvalue weighted by molar-refractivity contribution is 9.10. The molecule has 0 bridgehead atoms. The van der Waals surface area contributed by atoms with E-state index in [1.54, 1.807) is 4.90 Å². The molecule has 112 valence electrons. The van der Waals surface area contributed by atoms with Gasteiger partial charge in [0.15, 0.2) is 0 Å². The molecule has 1 aliphatic heterocycles. The van der Waals surface area contributed by atoms with E-state index in [0.717, 1.165) is 22.9 Å². The molecule has 1 saturated carbocycles. The summed E-state index contributed by atoms with van der Waals surface area (Å²) in [6.45, 7) is 3.18. The van der Waals surface area contributed by atoms with Crippen molar-refractivity contribution >= 4 is 27.7 Å². The Bertz CT molecular complexity index is 566. The highest BCUT2D eigenvalue weighted by atomic mass is 79.9. The van der Waals surface area contributed by atoms with Crippen molar-refractivity contribution in [1.82, 2.24) is 10.2 Å². The molecule has 1 aromatic rings. The summed E-state index contributed by atoms with van der Waals surface area (Å²) in [4.78, 5) is 26.0. The van der Waals surface area contributed by atoms with E-state index in [9.17, 15) is 9.59 Å². The van der Waals surface area contributed by atoms with Crippen LogP contribution in [0.4, 0.5) is 0 Å². The summed E-state index contributed by atoms with van der Waals surface area (Å²) >= 11 is 3.43. The van der Waals surface area contributed by atoms with Crippen LogP contribution in [0.3, 0.4) is 0 Å². The molecule has 2 aliphatic rings. The summed E-state index contributed by atoms with van der Waals surface area (Å²) in [5, 5.41) is 3.18. The minimum absolute atomic E-state index is 0.0136. The molecule has 1 saturated heterocycles. The van der Waals surface area contributed by atoms with Gasteiger partial charge in [0.1, 0.15) is 0 Å². The number of carbonyl (C=O) groups excluding carboxylic acids is 2. The summed E-state index contributed by atoms with van der Waals surface area (Å²) in [5.74, 6) is -0.101. The van der Waals surface area contributed by atoms with Crippen LogP contribution in [-0.4, -0.2) is 29.8 Å². The lowest BCUT2D eigenvalue weighted by Crippen LogP contribution is -2.40. The molecular formula is C16H19BrN2O2. The fourth-order valence-corrected chi connectivity index (χ4v) is 3.24. The molecule has 0 radical (unpaired) electrons. The van der Waals surface area contributed by atoms with Gasteiger partial charge in [0.25, 0.3) is 0 Å². The fraction of sp³-hybridized carbons (Fsp3) is 0.500. The zero-order valence-electron chi connectivity index (χ0n) is 12.1. The van der Waals surface area contributed by atoms with Crippen LogP contribution in [0.25, 0.3) is 0 Å². The second-order valence-electron chi connectivity index (χ2n) is 5.91. The van der Waals surface area contributed by atoms with Gasteiger partial charge in [-0.25, -0.2) is 0 Å².